The van der Waals surface area contributed by atoms with Crippen molar-refractivity contribution < 1.29 is 9.47 Å². The van der Waals surface area contributed by atoms with Gasteiger partial charge in [0, 0.05) is 16.7 Å². The van der Waals surface area contributed by atoms with Crippen molar-refractivity contribution in [2.24, 2.45) is 0 Å². The van der Waals surface area contributed by atoms with Crippen LogP contribution in [0.1, 0.15) is 44.1 Å². The van der Waals surface area contributed by atoms with Crippen LogP contribution in [-0.4, -0.2) is 23.9 Å². The molecule has 0 amide bonds. The molecule has 3 nitrogen and oxygen atoms in total. The van der Waals surface area contributed by atoms with E-state index in [1.807, 2.05) is 6.07 Å². The maximum atomic E-state index is 9.01. The average molecular weight is 433 g/mol. The molecule has 0 saturated carbocycles. The number of halogens is 2. The van der Waals surface area contributed by atoms with Crippen LogP contribution in [0.25, 0.3) is 0 Å². The first-order valence-electron chi connectivity index (χ1n) is 7.73. The largest absolute Gasteiger partial charge is 0.490 e. The second-order valence-electron chi connectivity index (χ2n) is 4.97. The van der Waals surface area contributed by atoms with Gasteiger partial charge in [0.15, 0.2) is 11.5 Å². The highest BCUT2D eigenvalue weighted by Gasteiger charge is 2.07. The third-order valence-electron chi connectivity index (χ3n) is 3.14. The van der Waals surface area contributed by atoms with Crippen molar-refractivity contribution in [2.75, 3.05) is 23.9 Å². The Hall–Kier alpha value is -0.730. The lowest BCUT2D eigenvalue weighted by molar-refractivity contribution is 0.260. The molecule has 0 heterocycles. The van der Waals surface area contributed by atoms with Crippen molar-refractivity contribution in [3.05, 3.63) is 23.8 Å². The van der Waals surface area contributed by atoms with Gasteiger partial charge in [0.05, 0.1) is 24.8 Å². The van der Waals surface area contributed by atoms with Crippen LogP contribution in [0.5, 0.6) is 11.5 Å². The van der Waals surface area contributed by atoms with Crippen LogP contribution >= 0.6 is 31.9 Å². The van der Waals surface area contributed by atoms with E-state index in [0.717, 1.165) is 54.9 Å². The lowest BCUT2D eigenvalue weighted by Crippen LogP contribution is -2.03. The summed E-state index contributed by atoms with van der Waals surface area (Å²) in [7, 11) is 0. The molecule has 22 heavy (non-hydrogen) atoms. The normalized spacial score (nSPS) is 10.2. The van der Waals surface area contributed by atoms with Crippen LogP contribution in [0.4, 0.5) is 0 Å². The summed E-state index contributed by atoms with van der Waals surface area (Å²) >= 11 is 6.85. The van der Waals surface area contributed by atoms with E-state index in [2.05, 4.69) is 37.9 Å². The van der Waals surface area contributed by atoms with E-state index in [4.69, 9.17) is 14.7 Å². The molecule has 0 atom stereocenters. The maximum Gasteiger partial charge on any atom is 0.162 e. The van der Waals surface area contributed by atoms with Gasteiger partial charge in [0.25, 0.3) is 0 Å². The smallest absolute Gasteiger partial charge is 0.162 e. The summed E-state index contributed by atoms with van der Waals surface area (Å²) in [5.74, 6) is 1.41. The Morgan fingerprint density at radius 1 is 0.818 bits per heavy atom. The van der Waals surface area contributed by atoms with Gasteiger partial charge in [0.2, 0.25) is 0 Å². The van der Waals surface area contributed by atoms with Crippen LogP contribution in [-0.2, 0) is 0 Å². The van der Waals surface area contributed by atoms with Crippen LogP contribution < -0.4 is 9.47 Å². The first kappa shape index (κ1) is 19.3. The first-order valence-corrected chi connectivity index (χ1v) is 9.97. The van der Waals surface area contributed by atoms with Crippen molar-refractivity contribution in [3.8, 4) is 17.6 Å². The van der Waals surface area contributed by atoms with E-state index in [1.165, 1.54) is 0 Å². The highest BCUT2D eigenvalue weighted by atomic mass is 79.9. The van der Waals surface area contributed by atoms with Gasteiger partial charge < -0.3 is 9.47 Å². The number of nitrogens with zero attached hydrogens (tertiary/aromatic N) is 1. The molecule has 0 aliphatic heterocycles. The fourth-order valence-electron chi connectivity index (χ4n) is 1.92. The highest BCUT2D eigenvalue weighted by molar-refractivity contribution is 9.09. The molecule has 122 valence electrons. The molecule has 0 radical (unpaired) electrons. The molecule has 0 saturated heterocycles. The Balaban J connectivity index is 2.49. The van der Waals surface area contributed by atoms with Crippen molar-refractivity contribution in [1.82, 2.24) is 0 Å². The van der Waals surface area contributed by atoms with Crippen LogP contribution in [0, 0.1) is 11.3 Å². The number of ether oxygens (including phenoxy) is 2. The Labute approximate surface area is 150 Å². The van der Waals surface area contributed by atoms with E-state index in [0.29, 0.717) is 24.5 Å². The molecule has 1 aromatic rings. The minimum Gasteiger partial charge on any atom is -0.490 e. The molecule has 0 N–H and O–H groups in total. The molecule has 0 bridgehead atoms. The minimum absolute atomic E-state index is 0.599. The fraction of sp³-hybridized carbons (Fsp3) is 0.588. The summed E-state index contributed by atoms with van der Waals surface area (Å²) in [5.41, 5.74) is 0.599. The van der Waals surface area contributed by atoms with Gasteiger partial charge in [-0.15, -0.1) is 0 Å². The van der Waals surface area contributed by atoms with Gasteiger partial charge in [-0.2, -0.15) is 5.26 Å². The molecule has 5 heteroatoms. The monoisotopic (exact) mass is 431 g/mol. The zero-order valence-corrected chi connectivity index (χ0v) is 16.0. The summed E-state index contributed by atoms with van der Waals surface area (Å²) in [6.07, 6.45) is 6.62. The van der Waals surface area contributed by atoms with Crippen LogP contribution in [0.2, 0.25) is 0 Å². The Kier molecular flexibility index (Phi) is 11.2. The molecule has 1 rings (SSSR count). The molecule has 0 fully saturated rings. The third kappa shape index (κ3) is 8.05. The molecular weight excluding hydrogens is 410 g/mol. The number of hydrogen-bond donors (Lipinski definition) is 0. The van der Waals surface area contributed by atoms with Crippen molar-refractivity contribution in [1.29, 1.82) is 5.26 Å². The van der Waals surface area contributed by atoms with Gasteiger partial charge in [0.1, 0.15) is 0 Å². The number of benzene rings is 1. The second-order valence-corrected chi connectivity index (χ2v) is 6.56. The zero-order valence-electron chi connectivity index (χ0n) is 12.8. The van der Waals surface area contributed by atoms with E-state index >= 15 is 0 Å². The topological polar surface area (TPSA) is 42.2 Å². The zero-order chi connectivity index (χ0) is 16.0. The van der Waals surface area contributed by atoms with Gasteiger partial charge in [-0.3, -0.25) is 0 Å². The number of hydrogen-bond acceptors (Lipinski definition) is 3. The molecule has 0 aliphatic carbocycles. The summed E-state index contributed by atoms with van der Waals surface area (Å²) in [6, 6.07) is 7.50. The molecule has 0 aromatic heterocycles. The Bertz CT molecular complexity index is 460. The van der Waals surface area contributed by atoms with Crippen molar-refractivity contribution in [3.63, 3.8) is 0 Å². The summed E-state index contributed by atoms with van der Waals surface area (Å²) in [4.78, 5) is 0. The summed E-state index contributed by atoms with van der Waals surface area (Å²) < 4.78 is 11.6. The number of rotatable bonds is 12. The van der Waals surface area contributed by atoms with Gasteiger partial charge in [-0.05, 0) is 50.7 Å². The van der Waals surface area contributed by atoms with Gasteiger partial charge in [-0.1, -0.05) is 31.9 Å². The van der Waals surface area contributed by atoms with E-state index in [-0.39, 0.29) is 0 Å². The standard InChI is InChI=1S/C17H23Br2NO2/c18-9-3-1-5-11-21-16-8-7-15(14-20)13-17(16)22-12-6-2-4-10-19/h7-8,13H,1-6,9-12H2. The number of unbranched alkanes of at least 4 members (excludes halogenated alkanes) is 4. The number of alkyl halides is 2. The summed E-state index contributed by atoms with van der Waals surface area (Å²) in [5, 5.41) is 11.1. The number of nitriles is 1. The first-order chi connectivity index (χ1) is 10.8. The third-order valence-corrected chi connectivity index (χ3v) is 4.27. The van der Waals surface area contributed by atoms with Crippen molar-refractivity contribution in [2.45, 2.75) is 38.5 Å². The summed E-state index contributed by atoms with van der Waals surface area (Å²) in [6.45, 7) is 1.33. The average Bonchev–Trinajstić information content (AvgIpc) is 2.55. The maximum absolute atomic E-state index is 9.01. The van der Waals surface area contributed by atoms with Gasteiger partial charge >= 0.3 is 0 Å². The van der Waals surface area contributed by atoms with E-state index in [9.17, 15) is 0 Å². The van der Waals surface area contributed by atoms with E-state index in [1.54, 1.807) is 12.1 Å². The molecule has 0 aliphatic rings. The highest BCUT2D eigenvalue weighted by Crippen LogP contribution is 2.28. The van der Waals surface area contributed by atoms with Gasteiger partial charge in [-0.25, -0.2) is 0 Å². The Morgan fingerprint density at radius 2 is 1.41 bits per heavy atom. The van der Waals surface area contributed by atoms with E-state index < -0.39 is 0 Å². The van der Waals surface area contributed by atoms with Crippen molar-refractivity contribution >= 4 is 31.9 Å². The van der Waals surface area contributed by atoms with Crippen LogP contribution in [0.3, 0.4) is 0 Å². The Morgan fingerprint density at radius 3 is 1.95 bits per heavy atom. The second kappa shape index (κ2) is 12.8. The lowest BCUT2D eigenvalue weighted by atomic mass is 10.2. The SMILES string of the molecule is N#Cc1ccc(OCCCCCBr)c(OCCCCCBr)c1. The predicted molar refractivity (Wildman–Crippen MR) is 97.4 cm³/mol. The molecular formula is C17H23Br2NO2. The quantitative estimate of drug-likeness (QED) is 0.326. The lowest BCUT2D eigenvalue weighted by Gasteiger charge is -2.13. The van der Waals surface area contributed by atoms with Crippen LogP contribution in [0.15, 0.2) is 18.2 Å². The fourth-order valence-corrected chi connectivity index (χ4v) is 2.71. The molecule has 0 unspecified atom stereocenters. The predicted octanol–water partition coefficient (Wildman–Crippen LogP) is 5.45. The molecule has 1 aromatic carbocycles. The minimum atomic E-state index is 0.599. The molecule has 0 spiro atoms.